The molecule has 0 atom stereocenters. The maximum atomic E-state index is 11.2. The van der Waals surface area contributed by atoms with E-state index < -0.39 is 5.97 Å². The fraction of sp³-hybridized carbons (Fsp3) is 0.545. The van der Waals surface area contributed by atoms with Gasteiger partial charge in [-0.1, -0.05) is 13.5 Å². The second-order valence-electron chi connectivity index (χ2n) is 3.16. The molecule has 0 spiro atoms. The van der Waals surface area contributed by atoms with Crippen LogP contribution in [0.3, 0.4) is 0 Å². The molecular formula is C11H17ClO3. The number of hydrogen-bond acceptors (Lipinski definition) is 3. The van der Waals surface area contributed by atoms with Crippen LogP contribution in [-0.2, 0) is 14.3 Å². The van der Waals surface area contributed by atoms with Crippen LogP contribution in [0.25, 0.3) is 0 Å². The molecule has 0 aliphatic heterocycles. The lowest BCUT2D eigenvalue weighted by Gasteiger charge is -2.06. The number of rotatable bonds is 7. The van der Waals surface area contributed by atoms with Crippen LogP contribution in [-0.4, -0.2) is 25.1 Å². The zero-order valence-electron chi connectivity index (χ0n) is 9.22. The Labute approximate surface area is 95.7 Å². The zero-order chi connectivity index (χ0) is 11.7. The Morgan fingerprint density at radius 3 is 2.60 bits per heavy atom. The van der Waals surface area contributed by atoms with Gasteiger partial charge < -0.3 is 9.47 Å². The zero-order valence-corrected chi connectivity index (χ0v) is 9.97. The summed E-state index contributed by atoms with van der Waals surface area (Å²) in [5, 5.41) is 0. The molecule has 0 rings (SSSR count). The number of esters is 1. The molecule has 15 heavy (non-hydrogen) atoms. The van der Waals surface area contributed by atoms with E-state index in [2.05, 4.69) is 6.58 Å². The van der Waals surface area contributed by atoms with Gasteiger partial charge in [0.2, 0.25) is 0 Å². The van der Waals surface area contributed by atoms with Gasteiger partial charge in [0.05, 0.1) is 18.6 Å². The Bertz CT molecular complexity index is 246. The minimum Gasteiger partial charge on any atom is -0.496 e. The second-order valence-corrected chi connectivity index (χ2v) is 3.42. The first-order valence-electron chi connectivity index (χ1n) is 4.80. The topological polar surface area (TPSA) is 35.5 Å². The van der Waals surface area contributed by atoms with Crippen LogP contribution < -0.4 is 0 Å². The highest BCUT2D eigenvalue weighted by Gasteiger charge is 2.03. The van der Waals surface area contributed by atoms with E-state index >= 15 is 0 Å². The van der Waals surface area contributed by atoms with Crippen LogP contribution in [0, 0.1) is 0 Å². The van der Waals surface area contributed by atoms with Gasteiger partial charge >= 0.3 is 5.97 Å². The van der Waals surface area contributed by atoms with Crippen LogP contribution in [0.5, 0.6) is 0 Å². The quantitative estimate of drug-likeness (QED) is 0.223. The Balaban J connectivity index is 4.04. The molecule has 0 saturated heterocycles. The number of allylic oxidation sites excluding steroid dienone is 1. The highest BCUT2D eigenvalue weighted by atomic mass is 35.5. The Morgan fingerprint density at radius 2 is 2.13 bits per heavy atom. The summed E-state index contributed by atoms with van der Waals surface area (Å²) in [6.45, 7) is 8.15. The SMILES string of the molecule is C=C(C)COC(=O)/C=C(\CCl)OCCC. The molecule has 0 aromatic rings. The molecule has 0 bridgehead atoms. The molecule has 0 radical (unpaired) electrons. The molecule has 3 nitrogen and oxygen atoms in total. The molecule has 0 saturated carbocycles. The second kappa shape index (κ2) is 8.36. The van der Waals surface area contributed by atoms with Gasteiger partial charge in [0.1, 0.15) is 12.4 Å². The van der Waals surface area contributed by atoms with Crippen LogP contribution >= 0.6 is 11.6 Å². The summed E-state index contributed by atoms with van der Waals surface area (Å²) < 4.78 is 10.1. The average molecular weight is 233 g/mol. The highest BCUT2D eigenvalue weighted by molar-refractivity contribution is 6.19. The van der Waals surface area contributed by atoms with Gasteiger partial charge in [-0.15, -0.1) is 11.6 Å². The number of hydrogen-bond donors (Lipinski definition) is 0. The first-order chi connectivity index (χ1) is 7.10. The van der Waals surface area contributed by atoms with Crippen molar-refractivity contribution in [1.82, 2.24) is 0 Å². The number of ether oxygens (including phenoxy) is 2. The van der Waals surface area contributed by atoms with Gasteiger partial charge in [-0.2, -0.15) is 0 Å². The third-order valence-corrected chi connectivity index (χ3v) is 1.63. The van der Waals surface area contributed by atoms with Crippen molar-refractivity contribution in [3.05, 3.63) is 24.0 Å². The van der Waals surface area contributed by atoms with Crippen LogP contribution in [0.4, 0.5) is 0 Å². The molecular weight excluding hydrogens is 216 g/mol. The first kappa shape index (κ1) is 14.0. The number of halogens is 1. The van der Waals surface area contributed by atoms with Crippen molar-refractivity contribution >= 4 is 17.6 Å². The van der Waals surface area contributed by atoms with Gasteiger partial charge in [-0.3, -0.25) is 0 Å². The van der Waals surface area contributed by atoms with Crippen molar-refractivity contribution in [3.63, 3.8) is 0 Å². The minimum atomic E-state index is -0.454. The molecule has 0 aromatic carbocycles. The van der Waals surface area contributed by atoms with E-state index in [1.165, 1.54) is 6.08 Å². The van der Waals surface area contributed by atoms with Crippen molar-refractivity contribution < 1.29 is 14.3 Å². The number of carbonyl (C=O) groups excluding carboxylic acids is 1. The van der Waals surface area contributed by atoms with Crippen LogP contribution in [0.1, 0.15) is 20.3 Å². The predicted molar refractivity (Wildman–Crippen MR) is 60.8 cm³/mol. The molecule has 0 aliphatic rings. The van der Waals surface area contributed by atoms with Gasteiger partial charge in [-0.25, -0.2) is 4.79 Å². The molecule has 0 fully saturated rings. The van der Waals surface area contributed by atoms with Crippen molar-refractivity contribution in [2.24, 2.45) is 0 Å². The van der Waals surface area contributed by atoms with Crippen molar-refractivity contribution in [3.8, 4) is 0 Å². The highest BCUT2D eigenvalue weighted by Crippen LogP contribution is 2.02. The van der Waals surface area contributed by atoms with Gasteiger partial charge in [0, 0.05) is 0 Å². The summed E-state index contributed by atoms with van der Waals surface area (Å²) in [7, 11) is 0. The maximum Gasteiger partial charge on any atom is 0.334 e. The normalized spacial score (nSPS) is 11.0. The lowest BCUT2D eigenvalue weighted by molar-refractivity contribution is -0.137. The molecule has 0 unspecified atom stereocenters. The van der Waals surface area contributed by atoms with Crippen LogP contribution in [0.2, 0.25) is 0 Å². The fourth-order valence-corrected chi connectivity index (χ4v) is 0.874. The maximum absolute atomic E-state index is 11.2. The molecule has 0 aromatic heterocycles. The molecule has 0 aliphatic carbocycles. The Morgan fingerprint density at radius 1 is 1.47 bits per heavy atom. The van der Waals surface area contributed by atoms with E-state index in [-0.39, 0.29) is 12.5 Å². The molecule has 4 heteroatoms. The Hall–Kier alpha value is -0.960. The van der Waals surface area contributed by atoms with Gasteiger partial charge in [-0.05, 0) is 18.9 Å². The minimum absolute atomic E-state index is 0.169. The summed E-state index contributed by atoms with van der Waals surface area (Å²) in [4.78, 5) is 11.2. The van der Waals surface area contributed by atoms with E-state index in [1.807, 2.05) is 6.92 Å². The third kappa shape index (κ3) is 8.06. The van der Waals surface area contributed by atoms with Crippen molar-refractivity contribution in [1.29, 1.82) is 0 Å². The van der Waals surface area contributed by atoms with E-state index in [9.17, 15) is 4.79 Å². The first-order valence-corrected chi connectivity index (χ1v) is 5.34. The summed E-state index contributed by atoms with van der Waals surface area (Å²) in [5.74, 6) is 0.150. The molecule has 0 heterocycles. The van der Waals surface area contributed by atoms with Crippen molar-refractivity contribution in [2.75, 3.05) is 19.1 Å². The Kier molecular flexibility index (Phi) is 7.82. The monoisotopic (exact) mass is 232 g/mol. The summed E-state index contributed by atoms with van der Waals surface area (Å²) in [6.07, 6.45) is 2.14. The van der Waals surface area contributed by atoms with Gasteiger partial charge in [0.25, 0.3) is 0 Å². The average Bonchev–Trinajstić information content (AvgIpc) is 2.21. The standard InChI is InChI=1S/C11H17ClO3/c1-4-5-14-10(7-12)6-11(13)15-8-9(2)3/h6H,2,4-5,7-8H2,1,3H3/b10-6+. The van der Waals surface area contributed by atoms with Crippen molar-refractivity contribution in [2.45, 2.75) is 20.3 Å². The number of alkyl halides is 1. The van der Waals surface area contributed by atoms with E-state index in [4.69, 9.17) is 21.1 Å². The summed E-state index contributed by atoms with van der Waals surface area (Å²) in [6, 6.07) is 0. The third-order valence-electron chi connectivity index (χ3n) is 1.36. The van der Waals surface area contributed by atoms with Crippen LogP contribution in [0.15, 0.2) is 24.0 Å². The molecule has 86 valence electrons. The lowest BCUT2D eigenvalue weighted by Crippen LogP contribution is -2.06. The smallest absolute Gasteiger partial charge is 0.334 e. The fourth-order valence-electron chi connectivity index (χ4n) is 0.719. The van der Waals surface area contributed by atoms with Gasteiger partial charge in [0.15, 0.2) is 0 Å². The van der Waals surface area contributed by atoms with E-state index in [1.54, 1.807) is 6.92 Å². The molecule has 0 amide bonds. The summed E-state index contributed by atoms with van der Waals surface area (Å²) >= 11 is 5.59. The lowest BCUT2D eigenvalue weighted by atomic mass is 10.4. The largest absolute Gasteiger partial charge is 0.496 e. The number of carbonyl (C=O) groups is 1. The molecule has 0 N–H and O–H groups in total. The summed E-state index contributed by atoms with van der Waals surface area (Å²) in [5.41, 5.74) is 0.790. The van der Waals surface area contributed by atoms with E-state index in [0.717, 1.165) is 12.0 Å². The predicted octanol–water partition coefficient (Wildman–Crippen LogP) is 2.66. The van der Waals surface area contributed by atoms with E-state index in [0.29, 0.717) is 12.4 Å².